The van der Waals surface area contributed by atoms with E-state index in [1.54, 1.807) is 24.0 Å². The van der Waals surface area contributed by atoms with Gasteiger partial charge in [-0.05, 0) is 42.3 Å². The Morgan fingerprint density at radius 3 is 2.59 bits per heavy atom. The van der Waals surface area contributed by atoms with Gasteiger partial charge in [-0.1, -0.05) is 30.3 Å². The van der Waals surface area contributed by atoms with Gasteiger partial charge in [-0.2, -0.15) is 0 Å². The Labute approximate surface area is 174 Å². The summed E-state index contributed by atoms with van der Waals surface area (Å²) >= 11 is 1.32. The van der Waals surface area contributed by atoms with Crippen LogP contribution in [0.2, 0.25) is 0 Å². The van der Waals surface area contributed by atoms with E-state index < -0.39 is 12.1 Å². The molecule has 1 aromatic carbocycles. The predicted molar refractivity (Wildman–Crippen MR) is 112 cm³/mol. The first-order valence-corrected chi connectivity index (χ1v) is 10.6. The van der Waals surface area contributed by atoms with Crippen molar-refractivity contribution in [1.82, 2.24) is 15.5 Å². The van der Waals surface area contributed by atoms with Gasteiger partial charge in [0.15, 0.2) is 0 Å². The largest absolute Gasteiger partial charge is 0.350 e. The highest BCUT2D eigenvalue weighted by atomic mass is 32.1. The summed E-state index contributed by atoms with van der Waals surface area (Å²) in [5.41, 5.74) is 7.61. The fraction of sp³-hybridized carbons (Fsp3) is 0.381. The molecule has 29 heavy (non-hydrogen) atoms. The maximum Gasteiger partial charge on any atom is 0.261 e. The van der Waals surface area contributed by atoms with Crippen LogP contribution in [-0.2, 0) is 22.7 Å². The third-order valence-corrected chi connectivity index (χ3v) is 5.90. The average molecular weight is 415 g/mol. The molecule has 4 N–H and O–H groups in total. The summed E-state index contributed by atoms with van der Waals surface area (Å²) in [6.07, 6.45) is 1.38. The molecular weight excluding hydrogens is 388 g/mol. The maximum atomic E-state index is 12.8. The van der Waals surface area contributed by atoms with Gasteiger partial charge < -0.3 is 21.3 Å². The molecule has 1 aliphatic heterocycles. The minimum Gasteiger partial charge on any atom is -0.350 e. The number of benzene rings is 1. The van der Waals surface area contributed by atoms with E-state index >= 15 is 0 Å². The number of hydrogen-bond acceptors (Lipinski definition) is 5. The van der Waals surface area contributed by atoms with Gasteiger partial charge in [-0.25, -0.2) is 0 Å². The molecule has 0 spiro atoms. The van der Waals surface area contributed by atoms with Crippen molar-refractivity contribution in [3.63, 3.8) is 0 Å². The highest BCUT2D eigenvalue weighted by Gasteiger charge is 2.36. The normalized spacial score (nSPS) is 17.0. The number of nitrogens with two attached hydrogens (primary N) is 1. The van der Waals surface area contributed by atoms with Crippen molar-refractivity contribution >= 4 is 29.1 Å². The molecule has 0 saturated carbocycles. The van der Waals surface area contributed by atoms with E-state index in [1.165, 1.54) is 11.3 Å². The molecule has 1 aromatic heterocycles. The first kappa shape index (κ1) is 21.0. The van der Waals surface area contributed by atoms with E-state index in [2.05, 4.69) is 10.6 Å². The molecule has 1 fully saturated rings. The second-order valence-electron chi connectivity index (χ2n) is 7.10. The van der Waals surface area contributed by atoms with Crippen molar-refractivity contribution < 1.29 is 14.4 Å². The molecule has 2 unspecified atom stereocenters. The Hall–Kier alpha value is -2.71. The quantitative estimate of drug-likeness (QED) is 0.640. The molecule has 1 saturated heterocycles. The summed E-state index contributed by atoms with van der Waals surface area (Å²) in [5, 5.41) is 7.45. The highest BCUT2D eigenvalue weighted by Crippen LogP contribution is 2.19. The van der Waals surface area contributed by atoms with Crippen LogP contribution in [0.3, 0.4) is 0 Å². The molecule has 8 heteroatoms. The van der Waals surface area contributed by atoms with Crippen LogP contribution in [0.1, 0.15) is 40.6 Å². The smallest absolute Gasteiger partial charge is 0.261 e. The second kappa shape index (κ2) is 9.67. The molecule has 2 atom stereocenters. The molecule has 2 heterocycles. The SMILES string of the molecule is CC(NC(=O)c1cccs1)C(=O)N1CCCC1C(=O)NCc1ccc(CN)cc1. The number of hydrogen-bond donors (Lipinski definition) is 3. The van der Waals surface area contributed by atoms with Gasteiger partial charge in [0.1, 0.15) is 12.1 Å². The van der Waals surface area contributed by atoms with Crippen molar-refractivity contribution in [1.29, 1.82) is 0 Å². The van der Waals surface area contributed by atoms with Gasteiger partial charge in [-0.3, -0.25) is 14.4 Å². The van der Waals surface area contributed by atoms with Crippen LogP contribution >= 0.6 is 11.3 Å². The second-order valence-corrected chi connectivity index (χ2v) is 8.05. The fourth-order valence-corrected chi connectivity index (χ4v) is 4.02. The van der Waals surface area contributed by atoms with Crippen LogP contribution in [0.15, 0.2) is 41.8 Å². The minimum absolute atomic E-state index is 0.171. The van der Waals surface area contributed by atoms with E-state index in [0.717, 1.165) is 17.5 Å². The number of likely N-dealkylation sites (tertiary alicyclic amines) is 1. The first-order chi connectivity index (χ1) is 14.0. The first-order valence-electron chi connectivity index (χ1n) is 9.70. The van der Waals surface area contributed by atoms with Crippen molar-refractivity contribution in [2.24, 2.45) is 5.73 Å². The molecule has 0 aliphatic carbocycles. The topological polar surface area (TPSA) is 105 Å². The Bertz CT molecular complexity index is 851. The average Bonchev–Trinajstić information content (AvgIpc) is 3.44. The maximum absolute atomic E-state index is 12.8. The van der Waals surface area contributed by atoms with Gasteiger partial charge in [0.05, 0.1) is 4.88 Å². The van der Waals surface area contributed by atoms with Crippen LogP contribution in [0.4, 0.5) is 0 Å². The molecule has 0 bridgehead atoms. The Kier molecular flexibility index (Phi) is 7.00. The van der Waals surface area contributed by atoms with Crippen LogP contribution in [0, 0.1) is 0 Å². The summed E-state index contributed by atoms with van der Waals surface area (Å²) in [6, 6.07) is 10.0. The van der Waals surface area contributed by atoms with E-state index in [4.69, 9.17) is 5.73 Å². The van der Waals surface area contributed by atoms with E-state index in [1.807, 2.05) is 29.6 Å². The molecule has 3 amide bonds. The Morgan fingerprint density at radius 1 is 1.21 bits per heavy atom. The van der Waals surface area contributed by atoms with Crippen molar-refractivity contribution in [3.8, 4) is 0 Å². The molecule has 0 radical (unpaired) electrons. The number of carbonyl (C=O) groups excluding carboxylic acids is 3. The van der Waals surface area contributed by atoms with E-state index in [9.17, 15) is 14.4 Å². The van der Waals surface area contributed by atoms with Gasteiger partial charge in [0.2, 0.25) is 11.8 Å². The van der Waals surface area contributed by atoms with Crippen molar-refractivity contribution in [2.45, 2.75) is 44.9 Å². The minimum atomic E-state index is -0.693. The number of nitrogens with one attached hydrogen (secondary N) is 2. The fourth-order valence-electron chi connectivity index (χ4n) is 3.39. The van der Waals surface area contributed by atoms with Crippen LogP contribution in [0.25, 0.3) is 0 Å². The zero-order valence-electron chi connectivity index (χ0n) is 16.4. The van der Waals surface area contributed by atoms with Crippen LogP contribution < -0.4 is 16.4 Å². The lowest BCUT2D eigenvalue weighted by Crippen LogP contribution is -2.52. The van der Waals surface area contributed by atoms with Crippen LogP contribution in [0.5, 0.6) is 0 Å². The van der Waals surface area contributed by atoms with Crippen molar-refractivity contribution in [3.05, 3.63) is 57.8 Å². The van der Waals surface area contributed by atoms with Gasteiger partial charge >= 0.3 is 0 Å². The third kappa shape index (κ3) is 5.21. The lowest BCUT2D eigenvalue weighted by molar-refractivity contribution is -0.139. The van der Waals surface area contributed by atoms with Gasteiger partial charge in [-0.15, -0.1) is 11.3 Å². The monoisotopic (exact) mass is 414 g/mol. The number of thiophene rings is 1. The summed E-state index contributed by atoms with van der Waals surface area (Å²) in [7, 11) is 0. The number of carbonyl (C=O) groups is 3. The molecule has 154 valence electrons. The Balaban J connectivity index is 1.55. The lowest BCUT2D eigenvalue weighted by Gasteiger charge is -2.27. The molecule has 2 aromatic rings. The third-order valence-electron chi connectivity index (χ3n) is 5.03. The van der Waals surface area contributed by atoms with Crippen molar-refractivity contribution in [2.75, 3.05) is 6.54 Å². The number of amides is 3. The molecule has 1 aliphatic rings. The number of rotatable bonds is 7. The lowest BCUT2D eigenvalue weighted by atomic mass is 10.1. The molecular formula is C21H26N4O3S. The standard InChI is InChI=1S/C21H26N4O3S/c1-14(24-20(27)18-5-3-11-29-18)21(28)25-10-2-4-17(25)19(26)23-13-16-8-6-15(12-22)7-9-16/h3,5-9,11,14,17H,2,4,10,12-13,22H2,1H3,(H,23,26)(H,24,27). The van der Waals surface area contributed by atoms with Crippen LogP contribution in [-0.4, -0.2) is 41.2 Å². The number of nitrogens with zero attached hydrogens (tertiary/aromatic N) is 1. The van der Waals surface area contributed by atoms with Gasteiger partial charge in [0, 0.05) is 19.6 Å². The predicted octanol–water partition coefficient (Wildman–Crippen LogP) is 1.63. The highest BCUT2D eigenvalue weighted by molar-refractivity contribution is 7.12. The summed E-state index contributed by atoms with van der Waals surface area (Å²) in [4.78, 5) is 39.8. The van der Waals surface area contributed by atoms with E-state index in [0.29, 0.717) is 30.9 Å². The molecule has 3 rings (SSSR count). The Morgan fingerprint density at radius 2 is 1.93 bits per heavy atom. The van der Waals surface area contributed by atoms with Gasteiger partial charge in [0.25, 0.3) is 5.91 Å². The summed E-state index contributed by atoms with van der Waals surface area (Å²) < 4.78 is 0. The van der Waals surface area contributed by atoms with E-state index in [-0.39, 0.29) is 17.7 Å². The summed E-state index contributed by atoms with van der Waals surface area (Å²) in [5.74, 6) is -0.683. The summed E-state index contributed by atoms with van der Waals surface area (Å²) in [6.45, 7) is 3.04. The zero-order valence-corrected chi connectivity index (χ0v) is 17.2. The molecule has 7 nitrogen and oxygen atoms in total. The zero-order chi connectivity index (χ0) is 20.8.